The van der Waals surface area contributed by atoms with E-state index in [2.05, 4.69) is 0 Å². The number of rotatable bonds is 0. The smallest absolute Gasteiger partial charge is 0.308 e. The van der Waals surface area contributed by atoms with Crippen LogP contribution in [0.1, 0.15) is 32.1 Å². The van der Waals surface area contributed by atoms with Crippen molar-refractivity contribution in [3.05, 3.63) is 0 Å². The Morgan fingerprint density at radius 3 is 3.15 bits per heavy atom. The Kier molecular flexibility index (Phi) is 1.46. The SMILES string of the molecule is O=C1CC[C@]2(C[C@H]3CCCN3O2)O1. The molecule has 0 aromatic heterocycles. The lowest BCUT2D eigenvalue weighted by atomic mass is 10.0. The van der Waals surface area contributed by atoms with E-state index in [0.717, 1.165) is 19.4 Å². The summed E-state index contributed by atoms with van der Waals surface area (Å²) >= 11 is 0. The number of esters is 1. The van der Waals surface area contributed by atoms with Gasteiger partial charge in [-0.3, -0.25) is 9.63 Å². The maximum atomic E-state index is 11.0. The van der Waals surface area contributed by atoms with Crippen molar-refractivity contribution in [2.24, 2.45) is 0 Å². The molecule has 3 aliphatic rings. The monoisotopic (exact) mass is 183 g/mol. The van der Waals surface area contributed by atoms with Crippen LogP contribution < -0.4 is 0 Å². The van der Waals surface area contributed by atoms with Gasteiger partial charge in [0.1, 0.15) is 0 Å². The molecule has 0 aromatic rings. The highest BCUT2D eigenvalue weighted by Crippen LogP contribution is 2.43. The van der Waals surface area contributed by atoms with Crippen LogP contribution in [0.3, 0.4) is 0 Å². The second kappa shape index (κ2) is 2.45. The van der Waals surface area contributed by atoms with Crippen LogP contribution >= 0.6 is 0 Å². The fourth-order valence-electron chi connectivity index (χ4n) is 2.55. The summed E-state index contributed by atoms with van der Waals surface area (Å²) in [4.78, 5) is 16.7. The highest BCUT2D eigenvalue weighted by molar-refractivity contribution is 5.72. The van der Waals surface area contributed by atoms with Crippen molar-refractivity contribution in [1.82, 2.24) is 5.06 Å². The molecule has 0 N–H and O–H groups in total. The van der Waals surface area contributed by atoms with Crippen molar-refractivity contribution in [3.63, 3.8) is 0 Å². The van der Waals surface area contributed by atoms with Gasteiger partial charge in [0.2, 0.25) is 5.79 Å². The number of nitrogens with zero attached hydrogens (tertiary/aromatic N) is 1. The van der Waals surface area contributed by atoms with Crippen LogP contribution in [0.15, 0.2) is 0 Å². The second-order valence-corrected chi connectivity index (χ2v) is 4.12. The summed E-state index contributed by atoms with van der Waals surface area (Å²) in [5.41, 5.74) is 0. The summed E-state index contributed by atoms with van der Waals surface area (Å²) in [6.07, 6.45) is 4.51. The lowest BCUT2D eigenvalue weighted by Crippen LogP contribution is -2.30. The van der Waals surface area contributed by atoms with E-state index in [1.807, 2.05) is 5.06 Å². The third-order valence-electron chi connectivity index (χ3n) is 3.16. The molecule has 72 valence electrons. The van der Waals surface area contributed by atoms with Gasteiger partial charge < -0.3 is 4.74 Å². The third-order valence-corrected chi connectivity index (χ3v) is 3.16. The molecule has 0 radical (unpaired) electrons. The van der Waals surface area contributed by atoms with E-state index < -0.39 is 5.79 Å². The first-order valence-corrected chi connectivity index (χ1v) is 4.95. The molecule has 0 aliphatic carbocycles. The van der Waals surface area contributed by atoms with Crippen molar-refractivity contribution < 1.29 is 14.4 Å². The molecule has 0 unspecified atom stereocenters. The summed E-state index contributed by atoms with van der Waals surface area (Å²) in [6, 6.07) is 0.492. The Hall–Kier alpha value is -0.610. The van der Waals surface area contributed by atoms with E-state index >= 15 is 0 Å². The van der Waals surface area contributed by atoms with Gasteiger partial charge in [-0.2, -0.15) is 5.06 Å². The summed E-state index contributed by atoms with van der Waals surface area (Å²) in [7, 11) is 0. The van der Waals surface area contributed by atoms with Crippen LogP contribution in [0.5, 0.6) is 0 Å². The van der Waals surface area contributed by atoms with Gasteiger partial charge in [-0.05, 0) is 12.8 Å². The van der Waals surface area contributed by atoms with Gasteiger partial charge in [0.05, 0.1) is 6.42 Å². The Balaban J connectivity index is 1.78. The minimum absolute atomic E-state index is 0.110. The first-order valence-electron chi connectivity index (χ1n) is 4.95. The van der Waals surface area contributed by atoms with Crippen molar-refractivity contribution in [3.8, 4) is 0 Å². The number of hydrogen-bond donors (Lipinski definition) is 0. The molecule has 0 aromatic carbocycles. The minimum atomic E-state index is -0.567. The van der Waals surface area contributed by atoms with E-state index in [-0.39, 0.29) is 5.97 Å². The van der Waals surface area contributed by atoms with E-state index in [9.17, 15) is 4.79 Å². The average molecular weight is 183 g/mol. The summed E-state index contributed by atoms with van der Waals surface area (Å²) in [6.45, 7) is 0.990. The predicted molar refractivity (Wildman–Crippen MR) is 43.5 cm³/mol. The number of hydroxylamine groups is 2. The molecule has 13 heavy (non-hydrogen) atoms. The van der Waals surface area contributed by atoms with Crippen molar-refractivity contribution in [1.29, 1.82) is 0 Å². The third kappa shape index (κ3) is 1.09. The minimum Gasteiger partial charge on any atom is -0.431 e. The Labute approximate surface area is 76.7 Å². The van der Waals surface area contributed by atoms with Gasteiger partial charge in [-0.1, -0.05) is 0 Å². The molecule has 3 saturated heterocycles. The second-order valence-electron chi connectivity index (χ2n) is 4.12. The lowest BCUT2D eigenvalue weighted by Gasteiger charge is -2.21. The molecule has 0 bridgehead atoms. The highest BCUT2D eigenvalue weighted by atomic mass is 16.8. The van der Waals surface area contributed by atoms with Gasteiger partial charge >= 0.3 is 5.97 Å². The van der Waals surface area contributed by atoms with Crippen LogP contribution in [0.4, 0.5) is 0 Å². The average Bonchev–Trinajstić information content (AvgIpc) is 2.67. The van der Waals surface area contributed by atoms with Crippen LogP contribution in [0.25, 0.3) is 0 Å². The first-order chi connectivity index (χ1) is 6.27. The van der Waals surface area contributed by atoms with E-state index in [4.69, 9.17) is 9.57 Å². The van der Waals surface area contributed by atoms with Crippen molar-refractivity contribution >= 4 is 5.97 Å². The topological polar surface area (TPSA) is 38.8 Å². The molecule has 2 atom stereocenters. The maximum Gasteiger partial charge on any atom is 0.308 e. The Morgan fingerprint density at radius 2 is 2.46 bits per heavy atom. The van der Waals surface area contributed by atoms with Crippen LogP contribution in [-0.2, 0) is 14.4 Å². The molecule has 0 saturated carbocycles. The van der Waals surface area contributed by atoms with E-state index in [0.29, 0.717) is 12.5 Å². The first kappa shape index (κ1) is 7.76. The highest BCUT2D eigenvalue weighted by Gasteiger charge is 2.53. The molecule has 4 heteroatoms. The molecular weight excluding hydrogens is 170 g/mol. The zero-order valence-electron chi connectivity index (χ0n) is 7.49. The summed E-state index contributed by atoms with van der Waals surface area (Å²) in [5.74, 6) is -0.677. The largest absolute Gasteiger partial charge is 0.431 e. The van der Waals surface area contributed by atoms with Gasteiger partial charge in [0.25, 0.3) is 0 Å². The zero-order chi connectivity index (χ0) is 8.89. The number of fused-ring (bicyclic) bond motifs is 1. The Morgan fingerprint density at radius 1 is 1.54 bits per heavy atom. The molecule has 1 spiro atoms. The predicted octanol–water partition coefficient (Wildman–Crippen LogP) is 0.819. The molecule has 0 amide bonds. The molecule has 3 heterocycles. The zero-order valence-corrected chi connectivity index (χ0v) is 7.49. The van der Waals surface area contributed by atoms with Crippen molar-refractivity contribution in [2.75, 3.05) is 6.54 Å². The normalized spacial score (nSPS) is 44.3. The standard InChI is InChI=1S/C9H13NO3/c11-8-3-4-9(12-8)6-7-2-1-5-10(7)13-9/h7H,1-6H2/t7-,9+/m1/s1. The summed E-state index contributed by atoms with van der Waals surface area (Å²) < 4.78 is 5.24. The molecule has 3 aliphatic heterocycles. The van der Waals surface area contributed by atoms with Gasteiger partial charge in [0, 0.05) is 25.4 Å². The number of carbonyl (C=O) groups is 1. The van der Waals surface area contributed by atoms with Crippen LogP contribution in [0.2, 0.25) is 0 Å². The van der Waals surface area contributed by atoms with Crippen molar-refractivity contribution in [2.45, 2.75) is 43.9 Å². The molecule has 4 nitrogen and oxygen atoms in total. The maximum absolute atomic E-state index is 11.0. The number of ether oxygens (including phenoxy) is 1. The van der Waals surface area contributed by atoms with Crippen LogP contribution in [0, 0.1) is 0 Å². The Bertz CT molecular complexity index is 241. The summed E-state index contributed by atoms with van der Waals surface area (Å²) in [5, 5.41) is 2.00. The molecular formula is C9H13NO3. The van der Waals surface area contributed by atoms with Gasteiger partial charge in [0.15, 0.2) is 0 Å². The molecule has 3 fully saturated rings. The van der Waals surface area contributed by atoms with Gasteiger partial charge in [-0.25, -0.2) is 0 Å². The van der Waals surface area contributed by atoms with Crippen LogP contribution in [-0.4, -0.2) is 29.4 Å². The number of carbonyl (C=O) groups excluding carboxylic acids is 1. The van der Waals surface area contributed by atoms with E-state index in [1.165, 1.54) is 12.8 Å². The number of hydrogen-bond acceptors (Lipinski definition) is 4. The quantitative estimate of drug-likeness (QED) is 0.521. The fraction of sp³-hybridized carbons (Fsp3) is 0.889. The van der Waals surface area contributed by atoms with E-state index in [1.54, 1.807) is 0 Å². The lowest BCUT2D eigenvalue weighted by molar-refractivity contribution is -0.276. The molecule has 3 rings (SSSR count). The van der Waals surface area contributed by atoms with Gasteiger partial charge in [-0.15, -0.1) is 0 Å². The fourth-order valence-corrected chi connectivity index (χ4v) is 2.55.